The monoisotopic (exact) mass is 126 g/mol. The van der Waals surface area contributed by atoms with E-state index in [9.17, 15) is 0 Å². The minimum absolute atomic E-state index is 0.405. The topological polar surface area (TPSA) is 24.7 Å². The first kappa shape index (κ1) is 8.34. The van der Waals surface area contributed by atoms with E-state index in [2.05, 4.69) is 30.5 Å². The van der Waals surface area contributed by atoms with Crippen molar-refractivity contribution < 1.29 is 0 Å². The maximum Gasteiger partial charge on any atom is 0.125 e. The molecule has 0 aliphatic heterocycles. The predicted molar refractivity (Wildman–Crippen MR) is 42.4 cm³/mol. The van der Waals surface area contributed by atoms with Gasteiger partial charge in [0.05, 0.1) is 0 Å². The molecule has 52 valence electrons. The lowest BCUT2D eigenvalue weighted by atomic mass is 10.2. The summed E-state index contributed by atoms with van der Waals surface area (Å²) in [7, 11) is 0. The van der Waals surface area contributed by atoms with Crippen molar-refractivity contribution in [3.05, 3.63) is 0 Å². The smallest absolute Gasteiger partial charge is 0.125 e. The summed E-state index contributed by atoms with van der Waals surface area (Å²) in [6.45, 7) is 10.3. The minimum atomic E-state index is 0.405. The Hall–Kier alpha value is -0.660. The van der Waals surface area contributed by atoms with Crippen molar-refractivity contribution in [2.75, 3.05) is 6.54 Å². The molecule has 0 N–H and O–H groups in total. The van der Waals surface area contributed by atoms with Gasteiger partial charge in [0.15, 0.2) is 0 Å². The highest BCUT2D eigenvalue weighted by molar-refractivity contribution is 5.87. The molecule has 2 heteroatoms. The van der Waals surface area contributed by atoms with Gasteiger partial charge in [0.25, 0.3) is 0 Å². The SMILES string of the molecule is C=NC(=NCC)C(C)C. The highest BCUT2D eigenvalue weighted by atomic mass is 14.9. The van der Waals surface area contributed by atoms with Crippen LogP contribution in [0.2, 0.25) is 0 Å². The summed E-state index contributed by atoms with van der Waals surface area (Å²) in [6, 6.07) is 0. The van der Waals surface area contributed by atoms with Crippen molar-refractivity contribution in [1.29, 1.82) is 0 Å². The third kappa shape index (κ3) is 3.01. The van der Waals surface area contributed by atoms with Crippen molar-refractivity contribution in [2.24, 2.45) is 15.9 Å². The molecule has 0 amide bonds. The van der Waals surface area contributed by atoms with Crippen LogP contribution in [0.25, 0.3) is 0 Å². The first-order valence-electron chi connectivity index (χ1n) is 3.23. The predicted octanol–water partition coefficient (Wildman–Crippen LogP) is 1.76. The lowest BCUT2D eigenvalue weighted by Gasteiger charge is -2.01. The summed E-state index contributed by atoms with van der Waals surface area (Å²) < 4.78 is 0. The highest BCUT2D eigenvalue weighted by Crippen LogP contribution is 1.96. The average molecular weight is 126 g/mol. The van der Waals surface area contributed by atoms with Crippen LogP contribution in [0, 0.1) is 5.92 Å². The Labute approximate surface area is 56.7 Å². The Balaban J connectivity index is 3.97. The van der Waals surface area contributed by atoms with Gasteiger partial charge in [0.2, 0.25) is 0 Å². The molecule has 9 heavy (non-hydrogen) atoms. The van der Waals surface area contributed by atoms with Gasteiger partial charge in [-0.25, -0.2) is 4.99 Å². The molecule has 0 atom stereocenters. The molecule has 0 spiro atoms. The second kappa shape index (κ2) is 4.24. The van der Waals surface area contributed by atoms with Gasteiger partial charge in [-0.15, -0.1) is 0 Å². The fraction of sp³-hybridized carbons (Fsp3) is 0.714. The van der Waals surface area contributed by atoms with Crippen LogP contribution >= 0.6 is 0 Å². The van der Waals surface area contributed by atoms with Gasteiger partial charge < -0.3 is 0 Å². The van der Waals surface area contributed by atoms with Crippen LogP contribution in [0.5, 0.6) is 0 Å². The fourth-order valence-corrected chi connectivity index (χ4v) is 0.577. The quantitative estimate of drug-likeness (QED) is 0.398. The fourth-order valence-electron chi connectivity index (χ4n) is 0.577. The van der Waals surface area contributed by atoms with E-state index in [-0.39, 0.29) is 0 Å². The van der Waals surface area contributed by atoms with Gasteiger partial charge in [0, 0.05) is 12.5 Å². The van der Waals surface area contributed by atoms with Gasteiger partial charge in [-0.05, 0) is 13.6 Å². The summed E-state index contributed by atoms with van der Waals surface area (Å²) in [5.74, 6) is 1.26. The molecular formula is C7H14N2. The maximum absolute atomic E-state index is 4.13. The Morgan fingerprint density at radius 1 is 1.56 bits per heavy atom. The maximum atomic E-state index is 4.13. The summed E-state index contributed by atoms with van der Waals surface area (Å²) in [4.78, 5) is 7.91. The van der Waals surface area contributed by atoms with E-state index in [1.54, 1.807) is 0 Å². The summed E-state index contributed by atoms with van der Waals surface area (Å²) in [5.41, 5.74) is 0. The van der Waals surface area contributed by atoms with Crippen molar-refractivity contribution in [1.82, 2.24) is 0 Å². The van der Waals surface area contributed by atoms with Crippen LogP contribution in [0.1, 0.15) is 20.8 Å². The second-order valence-electron chi connectivity index (χ2n) is 2.15. The number of hydrogen-bond donors (Lipinski definition) is 0. The molecule has 0 heterocycles. The second-order valence-corrected chi connectivity index (χ2v) is 2.15. The standard InChI is InChI=1S/C7H14N2/c1-5-9-7(8-4)6(2)3/h6H,4-5H2,1-3H3. The molecule has 0 aromatic heterocycles. The Bertz CT molecular complexity index is 114. The molecule has 0 aliphatic rings. The van der Waals surface area contributed by atoms with Gasteiger partial charge in [-0.2, -0.15) is 0 Å². The van der Waals surface area contributed by atoms with Gasteiger partial charge >= 0.3 is 0 Å². The van der Waals surface area contributed by atoms with E-state index in [1.807, 2.05) is 6.92 Å². The van der Waals surface area contributed by atoms with Crippen molar-refractivity contribution >= 4 is 12.6 Å². The van der Waals surface area contributed by atoms with Gasteiger partial charge in [-0.1, -0.05) is 13.8 Å². The largest absolute Gasteiger partial charge is 0.271 e. The van der Waals surface area contributed by atoms with Gasteiger partial charge in [0.1, 0.15) is 5.84 Å². The zero-order valence-electron chi connectivity index (χ0n) is 6.39. The summed E-state index contributed by atoms with van der Waals surface area (Å²) in [5, 5.41) is 0. The molecule has 0 rings (SSSR count). The number of amidine groups is 1. The molecule has 0 radical (unpaired) electrons. The van der Waals surface area contributed by atoms with Crippen LogP contribution < -0.4 is 0 Å². The van der Waals surface area contributed by atoms with Crippen LogP contribution in [-0.2, 0) is 0 Å². The molecule has 0 unspecified atom stereocenters. The van der Waals surface area contributed by atoms with Crippen molar-refractivity contribution in [2.45, 2.75) is 20.8 Å². The summed E-state index contributed by atoms with van der Waals surface area (Å²) >= 11 is 0. The first-order valence-corrected chi connectivity index (χ1v) is 3.23. The molecule has 0 saturated carbocycles. The van der Waals surface area contributed by atoms with Crippen LogP contribution in [0.3, 0.4) is 0 Å². The average Bonchev–Trinajstić information content (AvgIpc) is 1.82. The van der Waals surface area contributed by atoms with Crippen molar-refractivity contribution in [3.8, 4) is 0 Å². The minimum Gasteiger partial charge on any atom is -0.271 e. The lowest BCUT2D eigenvalue weighted by molar-refractivity contribution is 0.861. The lowest BCUT2D eigenvalue weighted by Crippen LogP contribution is -2.03. The van der Waals surface area contributed by atoms with E-state index >= 15 is 0 Å². The van der Waals surface area contributed by atoms with Crippen molar-refractivity contribution in [3.63, 3.8) is 0 Å². The Morgan fingerprint density at radius 3 is 2.22 bits per heavy atom. The molecular weight excluding hydrogens is 112 g/mol. The van der Waals surface area contributed by atoms with Gasteiger partial charge in [-0.3, -0.25) is 4.99 Å². The zero-order chi connectivity index (χ0) is 7.28. The molecule has 0 saturated heterocycles. The zero-order valence-corrected chi connectivity index (χ0v) is 6.39. The third-order valence-electron chi connectivity index (χ3n) is 0.999. The molecule has 0 fully saturated rings. The molecule has 0 aromatic carbocycles. The van der Waals surface area contributed by atoms with Crippen LogP contribution in [0.4, 0.5) is 0 Å². The van der Waals surface area contributed by atoms with E-state index < -0.39 is 0 Å². The Kier molecular flexibility index (Phi) is 3.93. The number of aliphatic imine (C=N–C) groups is 2. The molecule has 0 bridgehead atoms. The van der Waals surface area contributed by atoms with E-state index in [0.717, 1.165) is 12.4 Å². The highest BCUT2D eigenvalue weighted by Gasteiger charge is 1.98. The van der Waals surface area contributed by atoms with E-state index in [1.165, 1.54) is 0 Å². The Morgan fingerprint density at radius 2 is 2.11 bits per heavy atom. The van der Waals surface area contributed by atoms with E-state index in [4.69, 9.17) is 0 Å². The molecule has 0 aliphatic carbocycles. The van der Waals surface area contributed by atoms with Crippen LogP contribution in [0.15, 0.2) is 9.98 Å². The molecule has 0 aromatic rings. The van der Waals surface area contributed by atoms with E-state index in [0.29, 0.717) is 5.92 Å². The number of rotatable bonds is 2. The number of nitrogens with zero attached hydrogens (tertiary/aromatic N) is 2. The van der Waals surface area contributed by atoms with Crippen LogP contribution in [-0.4, -0.2) is 19.1 Å². The normalized spacial score (nSPS) is 12.2. The molecule has 2 nitrogen and oxygen atoms in total. The summed E-state index contributed by atoms with van der Waals surface area (Å²) in [6.07, 6.45) is 0. The number of hydrogen-bond acceptors (Lipinski definition) is 1. The first-order chi connectivity index (χ1) is 4.22. The third-order valence-corrected chi connectivity index (χ3v) is 0.999.